The van der Waals surface area contributed by atoms with E-state index in [4.69, 9.17) is 14.2 Å². The Hall–Kier alpha value is -0.940. The minimum atomic E-state index is -0.499. The summed E-state index contributed by atoms with van der Waals surface area (Å²) >= 11 is 0. The molecule has 0 radical (unpaired) electrons. The third kappa shape index (κ3) is 1.97. The van der Waals surface area contributed by atoms with Gasteiger partial charge in [-0.1, -0.05) is 30.3 Å². The van der Waals surface area contributed by atoms with Crippen molar-refractivity contribution in [2.75, 3.05) is 6.61 Å². The third-order valence-electron chi connectivity index (χ3n) is 2.90. The molecule has 0 bridgehead atoms. The summed E-state index contributed by atoms with van der Waals surface area (Å²) in [4.78, 5) is 0. The van der Waals surface area contributed by atoms with Crippen LogP contribution < -0.4 is 0 Å². The molecule has 16 heavy (non-hydrogen) atoms. The lowest BCUT2D eigenvalue weighted by Gasteiger charge is -2.22. The van der Waals surface area contributed by atoms with Gasteiger partial charge in [0.15, 0.2) is 6.29 Å². The summed E-state index contributed by atoms with van der Waals surface area (Å²) in [5, 5.41) is 9.42. The molecule has 0 amide bonds. The average Bonchev–Trinajstić information content (AvgIpc) is 3.11. The zero-order chi connectivity index (χ0) is 11.0. The van der Waals surface area contributed by atoms with Crippen LogP contribution in [0.25, 0.3) is 0 Å². The van der Waals surface area contributed by atoms with Gasteiger partial charge in [0.2, 0.25) is 0 Å². The number of hydrogen-bond acceptors (Lipinski definition) is 4. The molecule has 4 unspecified atom stereocenters. The van der Waals surface area contributed by atoms with E-state index in [1.54, 1.807) is 0 Å². The Morgan fingerprint density at radius 1 is 1.25 bits per heavy atom. The average molecular weight is 222 g/mol. The highest BCUT2D eigenvalue weighted by atomic mass is 16.7. The fourth-order valence-electron chi connectivity index (χ4n) is 1.94. The van der Waals surface area contributed by atoms with E-state index in [0.29, 0.717) is 13.2 Å². The number of rotatable bonds is 3. The third-order valence-corrected chi connectivity index (χ3v) is 2.90. The van der Waals surface area contributed by atoms with Gasteiger partial charge in [-0.15, -0.1) is 0 Å². The summed E-state index contributed by atoms with van der Waals surface area (Å²) in [5.74, 6) is 0. The molecule has 0 aliphatic carbocycles. The van der Waals surface area contributed by atoms with E-state index < -0.39 is 6.10 Å². The Balaban J connectivity index is 1.53. The Labute approximate surface area is 93.7 Å². The Bertz CT molecular complexity index is 353. The molecule has 86 valence electrons. The molecule has 0 spiro atoms. The van der Waals surface area contributed by atoms with Crippen LogP contribution in [-0.2, 0) is 20.8 Å². The van der Waals surface area contributed by atoms with Crippen molar-refractivity contribution in [1.82, 2.24) is 0 Å². The van der Waals surface area contributed by atoms with Gasteiger partial charge in [-0.25, -0.2) is 0 Å². The van der Waals surface area contributed by atoms with Crippen molar-refractivity contribution in [1.29, 1.82) is 0 Å². The predicted molar refractivity (Wildman–Crippen MR) is 55.6 cm³/mol. The summed E-state index contributed by atoms with van der Waals surface area (Å²) < 4.78 is 16.3. The minimum absolute atomic E-state index is 0.0884. The first-order valence-electron chi connectivity index (χ1n) is 5.45. The fraction of sp³-hybridized carbons (Fsp3) is 0.500. The highest BCUT2D eigenvalue weighted by Gasteiger charge is 2.54. The van der Waals surface area contributed by atoms with E-state index in [1.165, 1.54) is 0 Å². The number of aliphatic hydroxyl groups is 1. The van der Waals surface area contributed by atoms with Crippen LogP contribution in [0.4, 0.5) is 0 Å². The first-order chi connectivity index (χ1) is 7.84. The van der Waals surface area contributed by atoms with Crippen LogP contribution in [0.5, 0.6) is 0 Å². The molecule has 2 saturated heterocycles. The monoisotopic (exact) mass is 222 g/mol. The molecule has 4 atom stereocenters. The highest BCUT2D eigenvalue weighted by molar-refractivity contribution is 5.13. The Morgan fingerprint density at radius 3 is 2.88 bits per heavy atom. The molecule has 0 aromatic heterocycles. The zero-order valence-corrected chi connectivity index (χ0v) is 8.78. The number of benzene rings is 1. The Morgan fingerprint density at radius 2 is 2.06 bits per heavy atom. The summed E-state index contributed by atoms with van der Waals surface area (Å²) in [6, 6.07) is 9.92. The van der Waals surface area contributed by atoms with Crippen molar-refractivity contribution in [3.8, 4) is 0 Å². The van der Waals surface area contributed by atoms with E-state index in [9.17, 15) is 5.11 Å². The van der Waals surface area contributed by atoms with Gasteiger partial charge in [-0.05, 0) is 5.56 Å². The molecule has 2 heterocycles. The SMILES string of the molecule is OC1COC(OCc2ccccc2)C2OC12. The summed E-state index contributed by atoms with van der Waals surface area (Å²) in [6.45, 7) is 0.800. The second-order valence-electron chi connectivity index (χ2n) is 4.13. The zero-order valence-electron chi connectivity index (χ0n) is 8.78. The van der Waals surface area contributed by atoms with Gasteiger partial charge >= 0.3 is 0 Å². The molecule has 1 aromatic carbocycles. The van der Waals surface area contributed by atoms with Crippen molar-refractivity contribution in [2.45, 2.75) is 31.2 Å². The van der Waals surface area contributed by atoms with E-state index in [2.05, 4.69) is 0 Å². The quantitative estimate of drug-likeness (QED) is 0.764. The van der Waals surface area contributed by atoms with Crippen LogP contribution >= 0.6 is 0 Å². The molecule has 1 aromatic rings. The van der Waals surface area contributed by atoms with E-state index in [1.807, 2.05) is 30.3 Å². The van der Waals surface area contributed by atoms with Crippen LogP contribution in [0.2, 0.25) is 0 Å². The summed E-state index contributed by atoms with van der Waals surface area (Å²) in [7, 11) is 0. The maximum absolute atomic E-state index is 9.42. The summed E-state index contributed by atoms with van der Waals surface area (Å²) in [5.41, 5.74) is 1.11. The molecular formula is C12H14O4. The highest BCUT2D eigenvalue weighted by Crippen LogP contribution is 2.35. The molecule has 1 N–H and O–H groups in total. The van der Waals surface area contributed by atoms with Crippen LogP contribution in [0.15, 0.2) is 30.3 Å². The normalized spacial score (nSPS) is 36.8. The van der Waals surface area contributed by atoms with Gasteiger partial charge in [0.05, 0.1) is 13.2 Å². The van der Waals surface area contributed by atoms with Crippen LogP contribution in [-0.4, -0.2) is 36.3 Å². The van der Waals surface area contributed by atoms with E-state index in [-0.39, 0.29) is 18.5 Å². The van der Waals surface area contributed by atoms with Crippen molar-refractivity contribution in [3.05, 3.63) is 35.9 Å². The smallest absolute Gasteiger partial charge is 0.186 e. The second-order valence-corrected chi connectivity index (χ2v) is 4.13. The van der Waals surface area contributed by atoms with Crippen molar-refractivity contribution >= 4 is 0 Å². The molecular weight excluding hydrogens is 208 g/mol. The van der Waals surface area contributed by atoms with Gasteiger partial charge < -0.3 is 19.3 Å². The maximum Gasteiger partial charge on any atom is 0.186 e. The van der Waals surface area contributed by atoms with Crippen LogP contribution in [0.3, 0.4) is 0 Å². The lowest BCUT2D eigenvalue weighted by atomic mass is 10.1. The maximum atomic E-state index is 9.42. The number of fused-ring (bicyclic) bond motifs is 1. The van der Waals surface area contributed by atoms with Crippen molar-refractivity contribution < 1.29 is 19.3 Å². The fourth-order valence-corrected chi connectivity index (χ4v) is 1.94. The largest absolute Gasteiger partial charge is 0.388 e. The molecule has 4 nitrogen and oxygen atoms in total. The minimum Gasteiger partial charge on any atom is -0.388 e. The lowest BCUT2D eigenvalue weighted by molar-refractivity contribution is -0.182. The van der Waals surface area contributed by atoms with Crippen molar-refractivity contribution in [3.63, 3.8) is 0 Å². The second kappa shape index (κ2) is 4.14. The van der Waals surface area contributed by atoms with Gasteiger partial charge in [0.1, 0.15) is 18.3 Å². The standard InChI is InChI=1S/C12H14O4/c13-9-7-15-12(11-10(9)16-11)14-6-8-4-2-1-3-5-8/h1-5,9-13H,6-7H2. The number of ether oxygens (including phenoxy) is 3. The summed E-state index contributed by atoms with van der Waals surface area (Å²) in [6.07, 6.45) is -1.02. The number of aliphatic hydroxyl groups excluding tert-OH is 1. The predicted octanol–water partition coefficient (Wildman–Crippen LogP) is 0.688. The number of hydrogen-bond donors (Lipinski definition) is 1. The molecule has 2 aliphatic rings. The van der Waals surface area contributed by atoms with Crippen LogP contribution in [0, 0.1) is 0 Å². The molecule has 0 saturated carbocycles. The molecule has 4 heteroatoms. The van der Waals surface area contributed by atoms with E-state index in [0.717, 1.165) is 5.56 Å². The van der Waals surface area contributed by atoms with Gasteiger partial charge in [0.25, 0.3) is 0 Å². The van der Waals surface area contributed by atoms with Crippen molar-refractivity contribution in [2.24, 2.45) is 0 Å². The molecule has 2 aliphatic heterocycles. The molecule has 2 fully saturated rings. The van der Waals surface area contributed by atoms with Crippen LogP contribution in [0.1, 0.15) is 5.56 Å². The lowest BCUT2D eigenvalue weighted by Crippen LogP contribution is -2.38. The Kier molecular flexibility index (Phi) is 2.65. The first kappa shape index (κ1) is 10.2. The first-order valence-corrected chi connectivity index (χ1v) is 5.45. The van der Waals surface area contributed by atoms with Gasteiger partial charge in [0, 0.05) is 0 Å². The van der Waals surface area contributed by atoms with Gasteiger partial charge in [-0.3, -0.25) is 0 Å². The topological polar surface area (TPSA) is 51.2 Å². The molecule has 3 rings (SSSR count). The van der Waals surface area contributed by atoms with E-state index >= 15 is 0 Å². The van der Waals surface area contributed by atoms with Gasteiger partial charge in [-0.2, -0.15) is 0 Å². The number of epoxide rings is 1.